The van der Waals surface area contributed by atoms with Crippen LogP contribution >= 0.6 is 15.9 Å². The number of nitrogens with zero attached hydrogens (tertiary/aromatic N) is 1. The number of allylic oxidation sites excluding steroid dienone is 1. The van der Waals surface area contributed by atoms with Gasteiger partial charge >= 0.3 is 6.18 Å². The summed E-state index contributed by atoms with van der Waals surface area (Å²) in [6.07, 6.45) is 0.151. The quantitative estimate of drug-likeness (QED) is 0.625. The lowest BCUT2D eigenvalue weighted by molar-refractivity contribution is -0.137. The van der Waals surface area contributed by atoms with Crippen LogP contribution in [0.4, 0.5) is 18.9 Å². The lowest BCUT2D eigenvalue weighted by Gasteiger charge is -2.36. The molecule has 0 aliphatic carbocycles. The number of anilines is 1. The highest BCUT2D eigenvalue weighted by Gasteiger charge is 2.34. The van der Waals surface area contributed by atoms with Gasteiger partial charge in [-0.15, -0.1) is 12.0 Å². The highest BCUT2D eigenvalue weighted by Crippen LogP contribution is 2.39. The highest BCUT2D eigenvalue weighted by molar-refractivity contribution is 9.10. The van der Waals surface area contributed by atoms with Gasteiger partial charge in [0.1, 0.15) is 6.10 Å². The zero-order valence-electron chi connectivity index (χ0n) is 15.5. The van der Waals surface area contributed by atoms with Crippen molar-refractivity contribution in [3.8, 4) is 12.3 Å². The number of rotatable bonds is 3. The molecule has 1 atom stereocenters. The van der Waals surface area contributed by atoms with E-state index < -0.39 is 17.8 Å². The third-order valence-corrected chi connectivity index (χ3v) is 5.20. The molecule has 8 heteroatoms. The topological polar surface area (TPSA) is 41.6 Å². The van der Waals surface area contributed by atoms with Crippen LogP contribution in [-0.2, 0) is 15.8 Å². The molecule has 1 N–H and O–H groups in total. The van der Waals surface area contributed by atoms with Gasteiger partial charge in [0.15, 0.2) is 5.78 Å². The van der Waals surface area contributed by atoms with E-state index in [0.29, 0.717) is 26.9 Å². The van der Waals surface area contributed by atoms with Gasteiger partial charge in [-0.1, -0.05) is 34.0 Å². The number of halogens is 4. The summed E-state index contributed by atoms with van der Waals surface area (Å²) in [5.41, 5.74) is 4.09. The zero-order chi connectivity index (χ0) is 21.3. The summed E-state index contributed by atoms with van der Waals surface area (Å²) < 4.78 is 39.9. The molecule has 0 fully saturated rings. The Morgan fingerprint density at radius 2 is 2.00 bits per heavy atom. The van der Waals surface area contributed by atoms with Gasteiger partial charge in [-0.05, 0) is 44.2 Å². The van der Waals surface area contributed by atoms with Gasteiger partial charge in [0.25, 0.3) is 0 Å². The molecule has 0 radical (unpaired) electrons. The second-order valence-corrected chi connectivity index (χ2v) is 7.26. The molecule has 4 nitrogen and oxygen atoms in total. The Balaban J connectivity index is 2.06. The second-order valence-electron chi connectivity index (χ2n) is 6.41. The molecule has 1 aliphatic rings. The minimum absolute atomic E-state index is 0.191. The number of alkyl halides is 3. The van der Waals surface area contributed by atoms with E-state index >= 15 is 0 Å². The maximum Gasteiger partial charge on any atom is 0.416 e. The molecule has 1 unspecified atom stereocenters. The van der Waals surface area contributed by atoms with E-state index in [1.54, 1.807) is 25.1 Å². The minimum Gasteiger partial charge on any atom is -0.295 e. The smallest absolute Gasteiger partial charge is 0.295 e. The number of carbonyl (C=O) groups is 1. The monoisotopic (exact) mass is 464 g/mol. The average Bonchev–Trinajstić information content (AvgIpc) is 2.66. The maximum absolute atomic E-state index is 13.1. The van der Waals surface area contributed by atoms with Crippen molar-refractivity contribution in [2.75, 3.05) is 5.01 Å². The number of ketones is 1. The van der Waals surface area contributed by atoms with Crippen LogP contribution in [0.5, 0.6) is 0 Å². The largest absolute Gasteiger partial charge is 0.416 e. The van der Waals surface area contributed by atoms with Gasteiger partial charge in [0.2, 0.25) is 0 Å². The first-order valence-electron chi connectivity index (χ1n) is 8.50. The number of hydrazine groups is 1. The number of carbonyl (C=O) groups excluding carboxylic acids is 1. The summed E-state index contributed by atoms with van der Waals surface area (Å²) in [7, 11) is 0. The Morgan fingerprint density at radius 1 is 1.28 bits per heavy atom. The van der Waals surface area contributed by atoms with Crippen LogP contribution in [0.1, 0.15) is 36.6 Å². The van der Waals surface area contributed by atoms with E-state index in [9.17, 15) is 18.0 Å². The van der Waals surface area contributed by atoms with Crippen LogP contribution in [0.25, 0.3) is 0 Å². The summed E-state index contributed by atoms with van der Waals surface area (Å²) in [6.45, 7) is 3.03. The number of terminal acetylenes is 1. The van der Waals surface area contributed by atoms with Crippen molar-refractivity contribution in [2.24, 2.45) is 0 Å². The minimum atomic E-state index is -4.49. The van der Waals surface area contributed by atoms with Gasteiger partial charge < -0.3 is 0 Å². The molecule has 150 valence electrons. The Hall–Kier alpha value is -2.60. The van der Waals surface area contributed by atoms with Crippen molar-refractivity contribution in [3.05, 3.63) is 74.9 Å². The molecule has 1 heterocycles. The molecule has 2 aromatic carbocycles. The molecule has 0 amide bonds. The Kier molecular flexibility index (Phi) is 5.85. The highest BCUT2D eigenvalue weighted by atomic mass is 79.9. The Bertz CT molecular complexity index is 1040. The van der Waals surface area contributed by atoms with Gasteiger partial charge in [-0.3, -0.25) is 14.6 Å². The van der Waals surface area contributed by atoms with Crippen molar-refractivity contribution in [1.29, 1.82) is 0 Å². The predicted octanol–water partition coefficient (Wildman–Crippen LogP) is 5.31. The molecule has 0 saturated heterocycles. The van der Waals surface area contributed by atoms with Crippen LogP contribution in [0, 0.1) is 12.3 Å². The molecule has 1 aliphatic heterocycles. The van der Waals surface area contributed by atoms with Crippen molar-refractivity contribution < 1.29 is 22.8 Å². The van der Waals surface area contributed by atoms with Gasteiger partial charge in [0.05, 0.1) is 16.8 Å². The predicted molar refractivity (Wildman–Crippen MR) is 106 cm³/mol. The number of benzene rings is 2. The van der Waals surface area contributed by atoms with E-state index in [1.165, 1.54) is 24.1 Å². The molecule has 0 aromatic heterocycles. The lowest BCUT2D eigenvalue weighted by Crippen LogP contribution is -2.44. The van der Waals surface area contributed by atoms with Crippen molar-refractivity contribution in [1.82, 2.24) is 5.59 Å². The molecular formula is C21H16BrF3N2O2. The number of nitrogens with one attached hydrogen (secondary N) is 1. The summed E-state index contributed by atoms with van der Waals surface area (Å²) in [6, 6.07) is 9.93. The maximum atomic E-state index is 13.1. The van der Waals surface area contributed by atoms with E-state index in [0.717, 1.165) is 12.1 Å². The van der Waals surface area contributed by atoms with Gasteiger partial charge in [-0.2, -0.15) is 13.2 Å². The van der Waals surface area contributed by atoms with Gasteiger partial charge in [-0.25, -0.2) is 0 Å². The summed E-state index contributed by atoms with van der Waals surface area (Å²) in [4.78, 5) is 18.1. The zero-order valence-corrected chi connectivity index (χ0v) is 17.1. The molecule has 0 saturated carbocycles. The fraction of sp³-hybridized carbons (Fsp3) is 0.190. The average molecular weight is 465 g/mol. The SMILES string of the molecule is C#Cc1ccc(C2ONN(c3cccc(C(F)(F)F)c3)C(C)=C2C(C)=O)c(Br)c1. The third-order valence-electron chi connectivity index (χ3n) is 4.51. The molecule has 3 rings (SSSR count). The first-order chi connectivity index (χ1) is 13.6. The second kappa shape index (κ2) is 8.03. The van der Waals surface area contributed by atoms with Crippen LogP contribution in [0.15, 0.2) is 58.2 Å². The third kappa shape index (κ3) is 4.22. The van der Waals surface area contributed by atoms with Crippen molar-refractivity contribution >= 4 is 27.4 Å². The van der Waals surface area contributed by atoms with E-state index in [2.05, 4.69) is 27.4 Å². The Labute approximate surface area is 174 Å². The summed E-state index contributed by atoms with van der Waals surface area (Å²) >= 11 is 3.44. The number of hydrogen-bond acceptors (Lipinski definition) is 4. The van der Waals surface area contributed by atoms with Crippen LogP contribution in [-0.4, -0.2) is 5.78 Å². The summed E-state index contributed by atoms with van der Waals surface area (Å²) in [5, 5.41) is 1.31. The van der Waals surface area contributed by atoms with E-state index in [-0.39, 0.29) is 11.5 Å². The number of Topliss-reactive ketones (excluding diaryl/α,β-unsaturated/α-hetero) is 1. The Morgan fingerprint density at radius 3 is 2.59 bits per heavy atom. The molecule has 29 heavy (non-hydrogen) atoms. The summed E-state index contributed by atoms with van der Waals surface area (Å²) in [5.74, 6) is 2.26. The number of hydrogen-bond donors (Lipinski definition) is 1. The van der Waals surface area contributed by atoms with E-state index in [4.69, 9.17) is 11.3 Å². The van der Waals surface area contributed by atoms with Crippen molar-refractivity contribution in [3.63, 3.8) is 0 Å². The molecular weight excluding hydrogens is 449 g/mol. The first kappa shape index (κ1) is 21.1. The first-order valence-corrected chi connectivity index (χ1v) is 9.29. The van der Waals surface area contributed by atoms with Crippen LogP contribution in [0.2, 0.25) is 0 Å². The fourth-order valence-electron chi connectivity index (χ4n) is 3.10. The van der Waals surface area contributed by atoms with Gasteiger partial charge in [0, 0.05) is 21.3 Å². The van der Waals surface area contributed by atoms with E-state index in [1.807, 2.05) is 0 Å². The molecule has 0 spiro atoms. The fourth-order valence-corrected chi connectivity index (χ4v) is 3.69. The van der Waals surface area contributed by atoms with Crippen molar-refractivity contribution in [2.45, 2.75) is 26.1 Å². The lowest BCUT2D eigenvalue weighted by atomic mass is 9.95. The molecule has 0 bridgehead atoms. The standard InChI is InChI=1S/C21H16BrF3N2O2/c1-4-14-8-9-17(18(22)10-14)20-19(13(3)28)12(2)27(26-29-20)16-7-5-6-15(11-16)21(23,24)25/h1,5-11,20,26H,2-3H3. The molecule has 2 aromatic rings. The normalized spacial score (nSPS) is 17.3. The van der Waals surface area contributed by atoms with Crippen LogP contribution in [0.3, 0.4) is 0 Å². The van der Waals surface area contributed by atoms with Crippen LogP contribution < -0.4 is 10.6 Å².